The van der Waals surface area contributed by atoms with Gasteiger partial charge in [-0.25, -0.2) is 4.98 Å². The Morgan fingerprint density at radius 3 is 2.70 bits per heavy atom. The van der Waals surface area contributed by atoms with E-state index in [1.165, 1.54) is 23.9 Å². The second-order valence-electron chi connectivity index (χ2n) is 7.52. The van der Waals surface area contributed by atoms with Crippen molar-refractivity contribution in [1.29, 1.82) is 0 Å². The SMILES string of the molecule is C=CCC[C@@H](CN(C)C1CCN(C)CC1)Oc1cncc(C(=O)N(C)C)n1. The van der Waals surface area contributed by atoms with Crippen LogP contribution in [0.15, 0.2) is 25.0 Å². The van der Waals surface area contributed by atoms with Crippen LogP contribution in [-0.4, -0.2) is 90.5 Å². The highest BCUT2D eigenvalue weighted by molar-refractivity contribution is 5.91. The Kier molecular flexibility index (Phi) is 8.19. The molecule has 0 saturated carbocycles. The lowest BCUT2D eigenvalue weighted by Gasteiger charge is -2.36. The van der Waals surface area contributed by atoms with Crippen molar-refractivity contribution in [1.82, 2.24) is 24.7 Å². The summed E-state index contributed by atoms with van der Waals surface area (Å²) in [5.74, 6) is 0.215. The number of hydrogen-bond acceptors (Lipinski definition) is 6. The third-order valence-electron chi connectivity index (χ3n) is 5.02. The molecular formula is C20H33N5O2. The van der Waals surface area contributed by atoms with Gasteiger partial charge in [-0.05, 0) is 52.9 Å². The highest BCUT2D eigenvalue weighted by Gasteiger charge is 2.24. The van der Waals surface area contributed by atoms with E-state index in [1.807, 2.05) is 6.08 Å². The summed E-state index contributed by atoms with van der Waals surface area (Å²) in [6.07, 6.45) is 9.00. The molecule has 1 atom stereocenters. The van der Waals surface area contributed by atoms with E-state index in [2.05, 4.69) is 40.4 Å². The summed E-state index contributed by atoms with van der Waals surface area (Å²) in [5, 5.41) is 0. The molecule has 1 aromatic rings. The van der Waals surface area contributed by atoms with Crippen LogP contribution in [0.25, 0.3) is 0 Å². The van der Waals surface area contributed by atoms with E-state index in [-0.39, 0.29) is 12.0 Å². The Hall–Kier alpha value is -1.99. The molecule has 0 N–H and O–H groups in total. The Morgan fingerprint density at radius 2 is 2.07 bits per heavy atom. The van der Waals surface area contributed by atoms with Gasteiger partial charge in [0.2, 0.25) is 5.88 Å². The normalized spacial score (nSPS) is 16.9. The fraction of sp³-hybridized carbons (Fsp3) is 0.650. The van der Waals surface area contributed by atoms with Gasteiger partial charge in [-0.2, -0.15) is 0 Å². The topological polar surface area (TPSA) is 61.8 Å². The van der Waals surface area contributed by atoms with Crippen LogP contribution < -0.4 is 4.74 Å². The molecule has 1 fully saturated rings. The zero-order valence-corrected chi connectivity index (χ0v) is 17.1. The summed E-state index contributed by atoms with van der Waals surface area (Å²) < 4.78 is 6.13. The first-order valence-electron chi connectivity index (χ1n) is 9.60. The van der Waals surface area contributed by atoms with Gasteiger partial charge in [0, 0.05) is 26.7 Å². The minimum absolute atomic E-state index is 0.0216. The average molecular weight is 376 g/mol. The Bertz CT molecular complexity index is 614. The summed E-state index contributed by atoms with van der Waals surface area (Å²) in [5.41, 5.74) is 0.295. The summed E-state index contributed by atoms with van der Waals surface area (Å²) in [4.78, 5) is 26.8. The number of hydrogen-bond donors (Lipinski definition) is 0. The van der Waals surface area contributed by atoms with E-state index < -0.39 is 0 Å². The molecular weight excluding hydrogens is 342 g/mol. The Labute approximate surface area is 163 Å². The molecule has 0 aliphatic carbocycles. The molecule has 2 heterocycles. The number of aromatic nitrogens is 2. The fourth-order valence-electron chi connectivity index (χ4n) is 3.30. The van der Waals surface area contributed by atoms with E-state index in [0.29, 0.717) is 17.6 Å². The van der Waals surface area contributed by atoms with Crippen LogP contribution in [0.4, 0.5) is 0 Å². The van der Waals surface area contributed by atoms with E-state index in [9.17, 15) is 4.79 Å². The van der Waals surface area contributed by atoms with Crippen LogP contribution in [0.3, 0.4) is 0 Å². The quantitative estimate of drug-likeness (QED) is 0.615. The van der Waals surface area contributed by atoms with Gasteiger partial charge in [-0.3, -0.25) is 14.7 Å². The molecule has 0 unspecified atom stereocenters. The minimum Gasteiger partial charge on any atom is -0.472 e. The smallest absolute Gasteiger partial charge is 0.273 e. The lowest BCUT2D eigenvalue weighted by molar-refractivity contribution is 0.0799. The molecule has 27 heavy (non-hydrogen) atoms. The molecule has 0 aromatic carbocycles. The van der Waals surface area contributed by atoms with Crippen molar-refractivity contribution in [3.8, 4) is 5.88 Å². The third-order valence-corrected chi connectivity index (χ3v) is 5.02. The molecule has 1 aliphatic rings. The number of carbonyl (C=O) groups is 1. The van der Waals surface area contributed by atoms with Crippen LogP contribution in [-0.2, 0) is 0 Å². The maximum absolute atomic E-state index is 12.1. The Balaban J connectivity index is 2.02. The number of likely N-dealkylation sites (tertiary alicyclic amines) is 1. The maximum atomic E-state index is 12.1. The Morgan fingerprint density at radius 1 is 1.37 bits per heavy atom. The summed E-state index contributed by atoms with van der Waals surface area (Å²) in [7, 11) is 7.73. The molecule has 0 spiro atoms. The van der Waals surface area contributed by atoms with Gasteiger partial charge in [0.25, 0.3) is 5.91 Å². The van der Waals surface area contributed by atoms with Crippen LogP contribution in [0.2, 0.25) is 0 Å². The van der Waals surface area contributed by atoms with E-state index >= 15 is 0 Å². The molecule has 2 rings (SSSR count). The predicted molar refractivity (Wildman–Crippen MR) is 107 cm³/mol. The zero-order chi connectivity index (χ0) is 19.8. The van der Waals surface area contributed by atoms with E-state index in [0.717, 1.165) is 32.5 Å². The second kappa shape index (κ2) is 10.4. The van der Waals surface area contributed by atoms with Gasteiger partial charge in [0.05, 0.1) is 12.4 Å². The first-order chi connectivity index (χ1) is 12.9. The van der Waals surface area contributed by atoms with E-state index in [4.69, 9.17) is 4.74 Å². The number of nitrogens with zero attached hydrogens (tertiary/aromatic N) is 5. The number of piperidine rings is 1. The number of ether oxygens (including phenoxy) is 1. The number of allylic oxidation sites excluding steroid dienone is 1. The molecule has 0 radical (unpaired) electrons. The summed E-state index contributed by atoms with van der Waals surface area (Å²) in [6.45, 7) is 6.90. The maximum Gasteiger partial charge on any atom is 0.273 e. The highest BCUT2D eigenvalue weighted by atomic mass is 16.5. The first-order valence-corrected chi connectivity index (χ1v) is 9.60. The van der Waals surface area contributed by atoms with Gasteiger partial charge in [-0.15, -0.1) is 6.58 Å². The fourth-order valence-corrected chi connectivity index (χ4v) is 3.30. The first kappa shape index (κ1) is 21.3. The van der Waals surface area contributed by atoms with Crippen molar-refractivity contribution < 1.29 is 9.53 Å². The predicted octanol–water partition coefficient (Wildman–Crippen LogP) is 1.92. The molecule has 1 aromatic heterocycles. The molecule has 7 heteroatoms. The van der Waals surface area contributed by atoms with Gasteiger partial charge in [0.1, 0.15) is 6.10 Å². The van der Waals surface area contributed by atoms with Gasteiger partial charge in [0.15, 0.2) is 5.69 Å². The van der Waals surface area contributed by atoms with E-state index in [1.54, 1.807) is 20.3 Å². The van der Waals surface area contributed by atoms with Crippen molar-refractivity contribution in [2.75, 3.05) is 47.8 Å². The summed E-state index contributed by atoms with van der Waals surface area (Å²) in [6, 6.07) is 0.573. The van der Waals surface area contributed by atoms with Gasteiger partial charge in [-0.1, -0.05) is 6.08 Å². The van der Waals surface area contributed by atoms with Crippen molar-refractivity contribution >= 4 is 5.91 Å². The zero-order valence-electron chi connectivity index (χ0n) is 17.1. The summed E-state index contributed by atoms with van der Waals surface area (Å²) >= 11 is 0. The van der Waals surface area contributed by atoms with Gasteiger partial charge >= 0.3 is 0 Å². The number of rotatable bonds is 9. The standard InChI is InChI=1S/C20H33N5O2/c1-6-7-8-17(15-25(5)16-9-11-24(4)12-10-16)27-19-14-21-13-18(22-19)20(26)23(2)3/h6,13-14,16-17H,1,7-12,15H2,2-5H3/t17-/m0/s1. The molecule has 7 nitrogen and oxygen atoms in total. The third kappa shape index (κ3) is 6.59. The number of carbonyl (C=O) groups excluding carboxylic acids is 1. The largest absolute Gasteiger partial charge is 0.472 e. The lowest BCUT2D eigenvalue weighted by Crippen LogP contribution is -2.45. The molecule has 150 valence electrons. The van der Waals surface area contributed by atoms with Crippen LogP contribution in [0.1, 0.15) is 36.2 Å². The molecule has 1 saturated heterocycles. The van der Waals surface area contributed by atoms with Crippen LogP contribution >= 0.6 is 0 Å². The minimum atomic E-state index is -0.181. The molecule has 1 amide bonds. The number of likely N-dealkylation sites (N-methyl/N-ethyl adjacent to an activating group) is 1. The van der Waals surface area contributed by atoms with Crippen molar-refractivity contribution in [2.45, 2.75) is 37.8 Å². The molecule has 1 aliphatic heterocycles. The van der Waals surface area contributed by atoms with Crippen LogP contribution in [0, 0.1) is 0 Å². The number of amides is 1. The van der Waals surface area contributed by atoms with Crippen molar-refractivity contribution in [3.63, 3.8) is 0 Å². The van der Waals surface area contributed by atoms with Crippen molar-refractivity contribution in [3.05, 3.63) is 30.7 Å². The molecule has 0 bridgehead atoms. The van der Waals surface area contributed by atoms with Crippen molar-refractivity contribution in [2.24, 2.45) is 0 Å². The second-order valence-corrected chi connectivity index (χ2v) is 7.52. The van der Waals surface area contributed by atoms with Crippen LogP contribution in [0.5, 0.6) is 5.88 Å². The lowest BCUT2D eigenvalue weighted by atomic mass is 10.0. The monoisotopic (exact) mass is 375 g/mol. The highest BCUT2D eigenvalue weighted by Crippen LogP contribution is 2.18. The van der Waals surface area contributed by atoms with Gasteiger partial charge < -0.3 is 14.5 Å². The average Bonchev–Trinajstić information content (AvgIpc) is 2.66.